The molecular formula is C15H13NO2. The fourth-order valence-electron chi connectivity index (χ4n) is 1.84. The highest BCUT2D eigenvalue weighted by molar-refractivity contribution is 6.05. The lowest BCUT2D eigenvalue weighted by molar-refractivity contribution is 0.0699. The molecule has 0 aliphatic carbocycles. The van der Waals surface area contributed by atoms with Crippen molar-refractivity contribution in [3.05, 3.63) is 47.5 Å². The summed E-state index contributed by atoms with van der Waals surface area (Å²) in [7, 11) is 0. The van der Waals surface area contributed by atoms with Crippen molar-refractivity contribution in [2.75, 3.05) is 6.54 Å². The van der Waals surface area contributed by atoms with Crippen LogP contribution in [0.4, 0.5) is 0 Å². The molecule has 0 unspecified atom stereocenters. The fraction of sp³-hybridized carbons (Fsp3) is 0.133. The average Bonchev–Trinajstić information content (AvgIpc) is 2.38. The van der Waals surface area contributed by atoms with Gasteiger partial charge in [-0.1, -0.05) is 36.1 Å². The molecule has 0 saturated heterocycles. The lowest BCUT2D eigenvalue weighted by Crippen LogP contribution is -1.97. The molecule has 18 heavy (non-hydrogen) atoms. The zero-order chi connectivity index (χ0) is 13.0. The summed E-state index contributed by atoms with van der Waals surface area (Å²) in [6.45, 7) is 0.526. The highest BCUT2D eigenvalue weighted by Gasteiger charge is 2.08. The van der Waals surface area contributed by atoms with Crippen LogP contribution in [0.5, 0.6) is 0 Å². The first-order chi connectivity index (χ1) is 8.74. The fourth-order valence-corrected chi connectivity index (χ4v) is 1.84. The maximum absolute atomic E-state index is 11.1. The predicted octanol–water partition coefficient (Wildman–Crippen LogP) is 2.24. The van der Waals surface area contributed by atoms with Gasteiger partial charge in [0.2, 0.25) is 0 Å². The van der Waals surface area contributed by atoms with Crippen LogP contribution in [0.25, 0.3) is 10.8 Å². The second-order valence-corrected chi connectivity index (χ2v) is 3.85. The van der Waals surface area contributed by atoms with Crippen LogP contribution >= 0.6 is 0 Å². The molecule has 0 bridgehead atoms. The Morgan fingerprint density at radius 3 is 2.61 bits per heavy atom. The first kappa shape index (κ1) is 12.2. The number of carboxylic acid groups (broad SMARTS) is 1. The van der Waals surface area contributed by atoms with Crippen LogP contribution in [-0.4, -0.2) is 17.6 Å². The Bertz CT molecular complexity index is 650. The molecule has 0 atom stereocenters. The van der Waals surface area contributed by atoms with Crippen LogP contribution in [-0.2, 0) is 0 Å². The number of carbonyl (C=O) groups is 1. The van der Waals surface area contributed by atoms with Gasteiger partial charge in [0.25, 0.3) is 0 Å². The van der Waals surface area contributed by atoms with Gasteiger partial charge < -0.3 is 10.8 Å². The second kappa shape index (κ2) is 5.35. The number of hydrogen-bond donors (Lipinski definition) is 2. The standard InChI is InChI=1S/C15H13NO2/c16-10-2-1-5-11-6-3-8-13-12(11)7-4-9-14(13)15(17)18/h3-4,6-9H,2,10,16H2,(H,17,18). The number of hydrogen-bond acceptors (Lipinski definition) is 2. The lowest BCUT2D eigenvalue weighted by atomic mass is 10.0. The van der Waals surface area contributed by atoms with E-state index in [-0.39, 0.29) is 0 Å². The third kappa shape index (κ3) is 2.34. The molecule has 3 N–H and O–H groups in total. The van der Waals surface area contributed by atoms with Crippen LogP contribution in [0.1, 0.15) is 22.3 Å². The number of carboxylic acids is 1. The number of nitrogens with two attached hydrogens (primary N) is 1. The van der Waals surface area contributed by atoms with Crippen LogP contribution in [0.3, 0.4) is 0 Å². The van der Waals surface area contributed by atoms with E-state index in [1.165, 1.54) is 0 Å². The molecule has 0 saturated carbocycles. The van der Waals surface area contributed by atoms with Crippen molar-refractivity contribution in [2.45, 2.75) is 6.42 Å². The highest BCUT2D eigenvalue weighted by Crippen LogP contribution is 2.22. The molecule has 0 aliphatic rings. The average molecular weight is 239 g/mol. The second-order valence-electron chi connectivity index (χ2n) is 3.85. The summed E-state index contributed by atoms with van der Waals surface area (Å²) in [6.07, 6.45) is 0.634. The van der Waals surface area contributed by atoms with Gasteiger partial charge in [0, 0.05) is 18.5 Å². The van der Waals surface area contributed by atoms with Crippen molar-refractivity contribution in [3.63, 3.8) is 0 Å². The van der Waals surface area contributed by atoms with E-state index in [2.05, 4.69) is 11.8 Å². The first-order valence-corrected chi connectivity index (χ1v) is 5.68. The quantitative estimate of drug-likeness (QED) is 0.790. The molecule has 0 radical (unpaired) electrons. The maximum atomic E-state index is 11.1. The van der Waals surface area contributed by atoms with Crippen LogP contribution in [0.2, 0.25) is 0 Å². The molecule has 0 spiro atoms. The number of benzene rings is 2. The Balaban J connectivity index is 2.61. The van der Waals surface area contributed by atoms with Gasteiger partial charge in [-0.15, -0.1) is 0 Å². The molecule has 2 aromatic carbocycles. The van der Waals surface area contributed by atoms with Gasteiger partial charge in [-0.2, -0.15) is 0 Å². The zero-order valence-corrected chi connectivity index (χ0v) is 9.81. The summed E-state index contributed by atoms with van der Waals surface area (Å²) < 4.78 is 0. The van der Waals surface area contributed by atoms with Crippen molar-refractivity contribution in [3.8, 4) is 11.8 Å². The summed E-state index contributed by atoms with van der Waals surface area (Å²) in [6, 6.07) is 10.7. The van der Waals surface area contributed by atoms with Gasteiger partial charge in [0.1, 0.15) is 0 Å². The molecular weight excluding hydrogens is 226 g/mol. The molecule has 3 heteroatoms. The summed E-state index contributed by atoms with van der Waals surface area (Å²) in [5, 5.41) is 10.7. The molecule has 0 amide bonds. The van der Waals surface area contributed by atoms with Crippen molar-refractivity contribution in [2.24, 2.45) is 5.73 Å². The molecule has 3 nitrogen and oxygen atoms in total. The van der Waals surface area contributed by atoms with Crippen molar-refractivity contribution >= 4 is 16.7 Å². The third-order valence-electron chi connectivity index (χ3n) is 2.64. The van der Waals surface area contributed by atoms with Crippen molar-refractivity contribution < 1.29 is 9.90 Å². The Kier molecular flexibility index (Phi) is 3.61. The van der Waals surface area contributed by atoms with E-state index in [4.69, 9.17) is 10.8 Å². The highest BCUT2D eigenvalue weighted by atomic mass is 16.4. The Hall–Kier alpha value is -2.31. The number of fused-ring (bicyclic) bond motifs is 1. The summed E-state index contributed by atoms with van der Waals surface area (Å²) >= 11 is 0. The molecule has 0 aromatic heterocycles. The van der Waals surface area contributed by atoms with Crippen molar-refractivity contribution in [1.29, 1.82) is 0 Å². The third-order valence-corrected chi connectivity index (χ3v) is 2.64. The van der Waals surface area contributed by atoms with E-state index in [0.29, 0.717) is 23.9 Å². The zero-order valence-electron chi connectivity index (χ0n) is 9.81. The molecule has 0 fully saturated rings. The number of aromatic carboxylic acids is 1. The van der Waals surface area contributed by atoms with E-state index < -0.39 is 5.97 Å². The van der Waals surface area contributed by atoms with Crippen LogP contribution in [0.15, 0.2) is 36.4 Å². The SMILES string of the molecule is NCCC#Cc1cccc2c(C(=O)O)cccc12. The molecule has 90 valence electrons. The Morgan fingerprint density at radius 2 is 1.89 bits per heavy atom. The van der Waals surface area contributed by atoms with Gasteiger partial charge >= 0.3 is 5.97 Å². The van der Waals surface area contributed by atoms with Crippen LogP contribution < -0.4 is 5.73 Å². The van der Waals surface area contributed by atoms with Gasteiger partial charge in [-0.05, 0) is 22.9 Å². The molecule has 0 heterocycles. The number of rotatable bonds is 2. The smallest absolute Gasteiger partial charge is 0.336 e. The summed E-state index contributed by atoms with van der Waals surface area (Å²) in [4.78, 5) is 11.1. The molecule has 2 aromatic rings. The monoisotopic (exact) mass is 239 g/mol. The van der Waals surface area contributed by atoms with E-state index in [1.54, 1.807) is 18.2 Å². The predicted molar refractivity (Wildman–Crippen MR) is 71.5 cm³/mol. The topological polar surface area (TPSA) is 63.3 Å². The first-order valence-electron chi connectivity index (χ1n) is 5.68. The lowest BCUT2D eigenvalue weighted by Gasteiger charge is -2.04. The summed E-state index contributed by atoms with van der Waals surface area (Å²) in [5.41, 5.74) is 6.53. The Labute approximate surface area is 105 Å². The van der Waals surface area contributed by atoms with Crippen molar-refractivity contribution in [1.82, 2.24) is 0 Å². The normalized spacial score (nSPS) is 9.83. The summed E-state index contributed by atoms with van der Waals surface area (Å²) in [5.74, 6) is 5.08. The van der Waals surface area contributed by atoms with E-state index in [1.807, 2.05) is 18.2 Å². The van der Waals surface area contributed by atoms with E-state index in [0.717, 1.165) is 10.9 Å². The largest absolute Gasteiger partial charge is 0.478 e. The minimum Gasteiger partial charge on any atom is -0.478 e. The molecule has 2 rings (SSSR count). The van der Waals surface area contributed by atoms with Gasteiger partial charge in [-0.3, -0.25) is 0 Å². The maximum Gasteiger partial charge on any atom is 0.336 e. The van der Waals surface area contributed by atoms with Crippen LogP contribution in [0, 0.1) is 11.8 Å². The Morgan fingerprint density at radius 1 is 1.17 bits per heavy atom. The minimum atomic E-state index is -0.923. The molecule has 0 aliphatic heterocycles. The van der Waals surface area contributed by atoms with E-state index in [9.17, 15) is 4.79 Å². The minimum absolute atomic E-state index is 0.301. The van der Waals surface area contributed by atoms with Gasteiger partial charge in [0.15, 0.2) is 0 Å². The van der Waals surface area contributed by atoms with Gasteiger partial charge in [-0.25, -0.2) is 4.79 Å². The van der Waals surface area contributed by atoms with Gasteiger partial charge in [0.05, 0.1) is 5.56 Å². The van der Waals surface area contributed by atoms with E-state index >= 15 is 0 Å².